The van der Waals surface area contributed by atoms with Crippen molar-refractivity contribution >= 4 is 40.6 Å². The van der Waals surface area contributed by atoms with E-state index in [4.69, 9.17) is 14.2 Å². The first-order valence-electron chi connectivity index (χ1n) is 11.7. The van der Waals surface area contributed by atoms with Crippen LogP contribution in [0, 0.1) is 0 Å². The summed E-state index contributed by atoms with van der Waals surface area (Å²) in [4.78, 5) is 38.6. The fraction of sp³-hybridized carbons (Fsp3) is 0.107. The molecule has 192 valence electrons. The Morgan fingerprint density at radius 3 is 2.18 bits per heavy atom. The molecule has 1 aromatic heterocycles. The summed E-state index contributed by atoms with van der Waals surface area (Å²) in [6, 6.07) is 22.5. The van der Waals surface area contributed by atoms with Crippen molar-refractivity contribution in [2.24, 2.45) is 0 Å². The first-order valence-corrected chi connectivity index (χ1v) is 12.6. The lowest BCUT2D eigenvalue weighted by Crippen LogP contribution is -2.23. The number of anilines is 2. The summed E-state index contributed by atoms with van der Waals surface area (Å²) in [5.41, 5.74) is 2.53. The van der Waals surface area contributed by atoms with Crippen LogP contribution in [0.4, 0.5) is 16.2 Å². The summed E-state index contributed by atoms with van der Waals surface area (Å²) in [5.74, 6) is 0.402. The van der Waals surface area contributed by atoms with Crippen molar-refractivity contribution in [3.8, 4) is 11.5 Å². The SMILES string of the molecule is O=C(NCc1ccc(C(=O)Nc2ccccc2NC(=O)c2ccc3c(c2)OCO3)cc1)OCc1cccs1. The number of amides is 3. The highest BCUT2D eigenvalue weighted by Gasteiger charge is 2.17. The number of fused-ring (bicyclic) bond motifs is 1. The number of hydrogen-bond donors (Lipinski definition) is 3. The van der Waals surface area contributed by atoms with Crippen molar-refractivity contribution in [1.29, 1.82) is 0 Å². The van der Waals surface area contributed by atoms with E-state index in [1.807, 2.05) is 17.5 Å². The molecule has 9 nitrogen and oxygen atoms in total. The molecule has 0 spiro atoms. The van der Waals surface area contributed by atoms with Crippen molar-refractivity contribution in [2.45, 2.75) is 13.2 Å². The second-order valence-electron chi connectivity index (χ2n) is 8.23. The second kappa shape index (κ2) is 11.5. The van der Waals surface area contributed by atoms with Crippen LogP contribution in [0.2, 0.25) is 0 Å². The molecule has 10 heteroatoms. The van der Waals surface area contributed by atoms with Gasteiger partial charge in [-0.2, -0.15) is 0 Å². The van der Waals surface area contributed by atoms with Gasteiger partial charge in [-0.25, -0.2) is 4.79 Å². The van der Waals surface area contributed by atoms with Crippen molar-refractivity contribution in [3.63, 3.8) is 0 Å². The monoisotopic (exact) mass is 529 g/mol. The molecule has 0 aliphatic carbocycles. The molecule has 3 aromatic carbocycles. The first kappa shape index (κ1) is 24.8. The number of alkyl carbamates (subject to hydrolysis) is 1. The third-order valence-corrected chi connectivity index (χ3v) is 6.49. The number of hydrogen-bond acceptors (Lipinski definition) is 7. The average molecular weight is 530 g/mol. The molecule has 1 aliphatic rings. The summed E-state index contributed by atoms with van der Waals surface area (Å²) in [6.07, 6.45) is -0.514. The third kappa shape index (κ3) is 6.11. The molecule has 0 radical (unpaired) electrons. The van der Waals surface area contributed by atoms with Crippen molar-refractivity contribution in [1.82, 2.24) is 5.32 Å². The van der Waals surface area contributed by atoms with Crippen LogP contribution in [-0.2, 0) is 17.9 Å². The number of nitrogens with one attached hydrogen (secondary N) is 3. The number of rotatable bonds is 8. The predicted molar refractivity (Wildman–Crippen MR) is 143 cm³/mol. The van der Waals surface area contributed by atoms with Gasteiger partial charge in [-0.3, -0.25) is 9.59 Å². The smallest absolute Gasteiger partial charge is 0.407 e. The van der Waals surface area contributed by atoms with Crippen LogP contribution in [0.5, 0.6) is 11.5 Å². The molecule has 0 fully saturated rings. The van der Waals surface area contributed by atoms with Crippen LogP contribution in [0.15, 0.2) is 84.2 Å². The van der Waals surface area contributed by atoms with Gasteiger partial charge in [0.05, 0.1) is 11.4 Å². The lowest BCUT2D eigenvalue weighted by atomic mass is 10.1. The molecule has 38 heavy (non-hydrogen) atoms. The quantitative estimate of drug-likeness (QED) is 0.281. The highest BCUT2D eigenvalue weighted by molar-refractivity contribution is 7.09. The van der Waals surface area contributed by atoms with Gasteiger partial charge in [0.25, 0.3) is 11.8 Å². The molecule has 5 rings (SSSR count). The van der Waals surface area contributed by atoms with Gasteiger partial charge in [0.1, 0.15) is 6.61 Å². The van der Waals surface area contributed by atoms with E-state index in [9.17, 15) is 14.4 Å². The molecule has 0 atom stereocenters. The molecular weight excluding hydrogens is 506 g/mol. The number of para-hydroxylation sites is 2. The minimum atomic E-state index is -0.514. The molecule has 2 heterocycles. The van der Waals surface area contributed by atoms with Crippen LogP contribution < -0.4 is 25.4 Å². The normalized spacial score (nSPS) is 11.5. The summed E-state index contributed by atoms with van der Waals surface area (Å²) in [7, 11) is 0. The summed E-state index contributed by atoms with van der Waals surface area (Å²) < 4.78 is 15.8. The zero-order valence-corrected chi connectivity index (χ0v) is 20.9. The van der Waals surface area contributed by atoms with Crippen LogP contribution >= 0.6 is 11.3 Å². The lowest BCUT2D eigenvalue weighted by Gasteiger charge is -2.13. The van der Waals surface area contributed by atoms with Gasteiger partial charge in [-0.15, -0.1) is 11.3 Å². The number of benzene rings is 3. The van der Waals surface area contributed by atoms with Gasteiger partial charge in [-0.05, 0) is 59.5 Å². The number of ether oxygens (including phenoxy) is 3. The van der Waals surface area contributed by atoms with Gasteiger partial charge in [-0.1, -0.05) is 30.3 Å². The Labute approximate surface area is 222 Å². The maximum absolute atomic E-state index is 12.9. The molecule has 3 N–H and O–H groups in total. The fourth-order valence-corrected chi connectivity index (χ4v) is 4.27. The van der Waals surface area contributed by atoms with Gasteiger partial charge in [0, 0.05) is 22.5 Å². The van der Waals surface area contributed by atoms with E-state index in [1.54, 1.807) is 66.7 Å². The van der Waals surface area contributed by atoms with E-state index >= 15 is 0 Å². The summed E-state index contributed by atoms with van der Waals surface area (Å²) in [5, 5.41) is 10.3. The fourth-order valence-electron chi connectivity index (χ4n) is 3.66. The molecule has 0 saturated carbocycles. The molecule has 1 aliphatic heterocycles. The Hall–Kier alpha value is -4.83. The van der Waals surface area contributed by atoms with Crippen LogP contribution in [0.3, 0.4) is 0 Å². The minimum absolute atomic E-state index is 0.120. The van der Waals surface area contributed by atoms with E-state index in [1.165, 1.54) is 11.3 Å². The molecule has 4 aromatic rings. The van der Waals surface area contributed by atoms with E-state index in [0.717, 1.165) is 10.4 Å². The Morgan fingerprint density at radius 1 is 0.789 bits per heavy atom. The Balaban J connectivity index is 1.16. The Kier molecular flexibility index (Phi) is 7.51. The maximum atomic E-state index is 12.9. The standard InChI is InChI=1S/C28H23N3O6S/c32-26(19-9-7-18(8-10-19)15-29-28(34)35-16-21-4-3-13-38-21)30-22-5-1-2-6-23(22)31-27(33)20-11-12-24-25(14-20)37-17-36-24/h1-14H,15-17H2,(H,29,34)(H,30,32)(H,31,33). The molecular formula is C28H23N3O6S. The molecule has 0 bridgehead atoms. The van der Waals surface area contributed by atoms with E-state index < -0.39 is 6.09 Å². The van der Waals surface area contributed by atoms with Crippen LogP contribution in [-0.4, -0.2) is 24.7 Å². The topological polar surface area (TPSA) is 115 Å². The van der Waals surface area contributed by atoms with Crippen molar-refractivity contribution in [2.75, 3.05) is 17.4 Å². The van der Waals surface area contributed by atoms with E-state index in [0.29, 0.717) is 34.0 Å². The molecule has 3 amide bonds. The molecule has 0 unspecified atom stereocenters. The molecule has 0 saturated heterocycles. The zero-order valence-electron chi connectivity index (χ0n) is 20.1. The Morgan fingerprint density at radius 2 is 1.47 bits per heavy atom. The van der Waals surface area contributed by atoms with E-state index in [-0.39, 0.29) is 31.8 Å². The van der Waals surface area contributed by atoms with Crippen molar-refractivity contribution in [3.05, 3.63) is 106 Å². The largest absolute Gasteiger partial charge is 0.454 e. The first-order chi connectivity index (χ1) is 18.5. The Bertz CT molecular complexity index is 1450. The van der Waals surface area contributed by atoms with Gasteiger partial charge < -0.3 is 30.2 Å². The number of carbonyl (C=O) groups excluding carboxylic acids is 3. The summed E-state index contributed by atoms with van der Waals surface area (Å²) in [6.45, 7) is 0.608. The van der Waals surface area contributed by atoms with Crippen molar-refractivity contribution < 1.29 is 28.6 Å². The number of thiophene rings is 1. The zero-order chi connectivity index (χ0) is 26.3. The van der Waals surface area contributed by atoms with Gasteiger partial charge in [0.2, 0.25) is 6.79 Å². The maximum Gasteiger partial charge on any atom is 0.407 e. The lowest BCUT2D eigenvalue weighted by molar-refractivity contribution is 0.101. The van der Waals surface area contributed by atoms with Gasteiger partial charge >= 0.3 is 6.09 Å². The average Bonchev–Trinajstić information content (AvgIpc) is 3.64. The van der Waals surface area contributed by atoms with Gasteiger partial charge in [0.15, 0.2) is 11.5 Å². The second-order valence-corrected chi connectivity index (χ2v) is 9.26. The number of carbonyl (C=O) groups is 3. The summed E-state index contributed by atoms with van der Waals surface area (Å²) >= 11 is 1.52. The predicted octanol–water partition coefficient (Wildman–Crippen LogP) is 5.41. The van der Waals surface area contributed by atoms with Crippen LogP contribution in [0.25, 0.3) is 0 Å². The third-order valence-electron chi connectivity index (χ3n) is 5.64. The van der Waals surface area contributed by atoms with E-state index in [2.05, 4.69) is 16.0 Å². The van der Waals surface area contributed by atoms with Crippen LogP contribution in [0.1, 0.15) is 31.2 Å². The highest BCUT2D eigenvalue weighted by Crippen LogP contribution is 2.33. The highest BCUT2D eigenvalue weighted by atomic mass is 32.1. The minimum Gasteiger partial charge on any atom is -0.454 e.